The van der Waals surface area contributed by atoms with Crippen molar-refractivity contribution in [2.75, 3.05) is 26.5 Å². The van der Waals surface area contributed by atoms with Crippen LogP contribution in [-0.4, -0.2) is 53.0 Å². The minimum atomic E-state index is -0.407. The summed E-state index contributed by atoms with van der Waals surface area (Å²) in [5.74, 6) is -0.100. The van der Waals surface area contributed by atoms with E-state index in [1.807, 2.05) is 42.6 Å². The van der Waals surface area contributed by atoms with E-state index in [0.29, 0.717) is 12.4 Å². The van der Waals surface area contributed by atoms with E-state index in [0.717, 1.165) is 10.6 Å². The van der Waals surface area contributed by atoms with Crippen molar-refractivity contribution in [1.29, 1.82) is 0 Å². The topological polar surface area (TPSA) is 81.3 Å². The van der Waals surface area contributed by atoms with Crippen molar-refractivity contribution in [3.8, 4) is 0 Å². The summed E-state index contributed by atoms with van der Waals surface area (Å²) in [4.78, 5) is 29.5. The number of hydrogen-bond acceptors (Lipinski definition) is 5. The van der Waals surface area contributed by atoms with Gasteiger partial charge in [-0.2, -0.15) is 5.10 Å². The van der Waals surface area contributed by atoms with E-state index in [2.05, 4.69) is 15.5 Å². The second-order valence-corrected chi connectivity index (χ2v) is 7.26. The first-order chi connectivity index (χ1) is 11.5. The number of thiophene rings is 1. The quantitative estimate of drug-likeness (QED) is 0.862. The van der Waals surface area contributed by atoms with Crippen LogP contribution in [0.25, 0.3) is 0 Å². The van der Waals surface area contributed by atoms with Crippen LogP contribution in [0.3, 0.4) is 0 Å². The van der Waals surface area contributed by atoms with Crippen molar-refractivity contribution in [3.05, 3.63) is 34.2 Å². The minimum Gasteiger partial charge on any atom is -0.337 e. The fourth-order valence-electron chi connectivity index (χ4n) is 3.02. The highest BCUT2D eigenvalue weighted by Gasteiger charge is 2.43. The number of carbonyl (C=O) groups is 2. The van der Waals surface area contributed by atoms with Gasteiger partial charge in [0.1, 0.15) is 0 Å². The van der Waals surface area contributed by atoms with Crippen LogP contribution in [0.1, 0.15) is 23.0 Å². The highest BCUT2D eigenvalue weighted by atomic mass is 32.1. The zero-order chi connectivity index (χ0) is 17.3. The van der Waals surface area contributed by atoms with Crippen LogP contribution in [0.2, 0.25) is 0 Å². The lowest BCUT2D eigenvalue weighted by atomic mass is 9.98. The molecule has 0 radical (unpaired) electrons. The number of likely N-dealkylation sites (tertiary alicyclic amines) is 1. The van der Waals surface area contributed by atoms with Crippen LogP contribution < -0.4 is 5.32 Å². The number of anilines is 1. The molecule has 2 atom stereocenters. The van der Waals surface area contributed by atoms with Crippen LogP contribution in [-0.2, 0) is 16.1 Å². The summed E-state index contributed by atoms with van der Waals surface area (Å²) < 4.78 is 0. The number of hydrogen-bond donors (Lipinski definition) is 2. The maximum atomic E-state index is 12.7. The molecule has 0 aliphatic carbocycles. The summed E-state index contributed by atoms with van der Waals surface area (Å²) in [7, 11) is 5.68. The van der Waals surface area contributed by atoms with Crippen LogP contribution in [0.15, 0.2) is 23.6 Å². The third-order valence-corrected chi connectivity index (χ3v) is 5.07. The molecule has 3 heterocycles. The molecule has 8 heteroatoms. The Morgan fingerprint density at radius 2 is 2.33 bits per heavy atom. The van der Waals surface area contributed by atoms with E-state index >= 15 is 0 Å². The van der Waals surface area contributed by atoms with E-state index in [-0.39, 0.29) is 24.3 Å². The Balaban J connectivity index is 1.73. The van der Waals surface area contributed by atoms with Crippen molar-refractivity contribution < 1.29 is 9.59 Å². The molecule has 2 amide bonds. The lowest BCUT2D eigenvalue weighted by Gasteiger charge is -2.23. The Morgan fingerprint density at radius 3 is 3.00 bits per heavy atom. The molecule has 0 saturated carbocycles. The minimum absolute atomic E-state index is 0.0103. The molecule has 2 unspecified atom stereocenters. The van der Waals surface area contributed by atoms with Gasteiger partial charge < -0.3 is 15.1 Å². The number of amides is 2. The van der Waals surface area contributed by atoms with E-state index in [4.69, 9.17) is 0 Å². The number of rotatable bonds is 5. The number of H-pyrrole nitrogens is 1. The number of carbonyl (C=O) groups excluding carboxylic acids is 2. The smallest absolute Gasteiger partial charge is 0.231 e. The van der Waals surface area contributed by atoms with Gasteiger partial charge in [0.15, 0.2) is 5.82 Å². The van der Waals surface area contributed by atoms with E-state index in [1.165, 1.54) is 0 Å². The first kappa shape index (κ1) is 16.7. The van der Waals surface area contributed by atoms with Gasteiger partial charge in [-0.3, -0.25) is 14.7 Å². The normalized spacial score (nSPS) is 20.8. The fraction of sp³-hybridized carbons (Fsp3) is 0.438. The third kappa shape index (κ3) is 3.34. The zero-order valence-electron chi connectivity index (χ0n) is 13.9. The molecule has 0 aromatic carbocycles. The molecule has 1 fully saturated rings. The average Bonchev–Trinajstić information content (AvgIpc) is 3.22. The zero-order valence-corrected chi connectivity index (χ0v) is 14.8. The van der Waals surface area contributed by atoms with Crippen LogP contribution >= 0.6 is 11.3 Å². The first-order valence-corrected chi connectivity index (χ1v) is 8.62. The predicted octanol–water partition coefficient (Wildman–Crippen LogP) is 1.69. The molecule has 24 heavy (non-hydrogen) atoms. The van der Waals surface area contributed by atoms with Crippen LogP contribution in [0, 0.1) is 5.92 Å². The van der Waals surface area contributed by atoms with Gasteiger partial charge in [-0.25, -0.2) is 0 Å². The first-order valence-electron chi connectivity index (χ1n) is 7.74. The Morgan fingerprint density at radius 1 is 1.54 bits per heavy atom. The van der Waals surface area contributed by atoms with Crippen LogP contribution in [0.4, 0.5) is 5.82 Å². The van der Waals surface area contributed by atoms with Gasteiger partial charge in [0.25, 0.3) is 0 Å². The number of nitrogens with one attached hydrogen (secondary N) is 2. The summed E-state index contributed by atoms with van der Waals surface area (Å²) in [5.41, 5.74) is 0.921. The van der Waals surface area contributed by atoms with Gasteiger partial charge in [0.05, 0.1) is 17.7 Å². The number of aromatic amines is 1. The molecule has 1 aliphatic heterocycles. The molecular weight excluding hydrogens is 326 g/mol. The molecule has 1 saturated heterocycles. The van der Waals surface area contributed by atoms with Crippen molar-refractivity contribution >= 4 is 29.0 Å². The molecular formula is C16H21N5O2S. The van der Waals surface area contributed by atoms with Crippen LogP contribution in [0.5, 0.6) is 0 Å². The second kappa shape index (κ2) is 6.74. The number of nitrogens with zero attached hydrogens (tertiary/aromatic N) is 3. The fourth-order valence-corrected chi connectivity index (χ4v) is 3.95. The summed E-state index contributed by atoms with van der Waals surface area (Å²) in [6, 6.07) is 5.51. The maximum Gasteiger partial charge on any atom is 0.231 e. The highest BCUT2D eigenvalue weighted by molar-refractivity contribution is 7.10. The van der Waals surface area contributed by atoms with Gasteiger partial charge in [-0.15, -0.1) is 11.3 Å². The molecule has 3 rings (SSSR count). The molecule has 7 nitrogen and oxygen atoms in total. The van der Waals surface area contributed by atoms with Gasteiger partial charge >= 0.3 is 0 Å². The van der Waals surface area contributed by atoms with Crippen molar-refractivity contribution in [3.63, 3.8) is 0 Å². The second-order valence-electron chi connectivity index (χ2n) is 6.28. The largest absolute Gasteiger partial charge is 0.337 e. The molecule has 2 N–H and O–H groups in total. The average molecular weight is 347 g/mol. The molecule has 1 aliphatic rings. The van der Waals surface area contributed by atoms with Crippen molar-refractivity contribution in [2.45, 2.75) is 19.0 Å². The van der Waals surface area contributed by atoms with Gasteiger partial charge in [0, 0.05) is 31.0 Å². The standard InChI is InChI=1S/C16H21N5O2S/c1-20(2)9-10-7-13(19-18-10)17-16(23)11-8-14(22)21(3)15(11)12-5-4-6-24-12/h4-7,11,15H,8-9H2,1-3H3,(H2,17,18,19,23). The Hall–Kier alpha value is -2.19. The highest BCUT2D eigenvalue weighted by Crippen LogP contribution is 2.39. The third-order valence-electron chi connectivity index (χ3n) is 4.13. The summed E-state index contributed by atoms with van der Waals surface area (Å²) in [6.07, 6.45) is 0.222. The SMILES string of the molecule is CN(C)Cc1cc(NC(=O)C2CC(=O)N(C)C2c2cccs2)n[nH]1. The lowest BCUT2D eigenvalue weighted by Crippen LogP contribution is -2.29. The monoisotopic (exact) mass is 347 g/mol. The summed E-state index contributed by atoms with van der Waals surface area (Å²) >= 11 is 1.56. The van der Waals surface area contributed by atoms with E-state index < -0.39 is 5.92 Å². The molecule has 128 valence electrons. The van der Waals surface area contributed by atoms with Gasteiger partial charge in [0.2, 0.25) is 11.8 Å². The molecule has 2 aromatic heterocycles. The molecule has 2 aromatic rings. The van der Waals surface area contributed by atoms with Crippen molar-refractivity contribution in [2.24, 2.45) is 5.92 Å². The predicted molar refractivity (Wildman–Crippen MR) is 92.5 cm³/mol. The van der Waals surface area contributed by atoms with Crippen molar-refractivity contribution in [1.82, 2.24) is 20.0 Å². The van der Waals surface area contributed by atoms with Gasteiger partial charge in [-0.1, -0.05) is 6.07 Å². The van der Waals surface area contributed by atoms with E-state index in [1.54, 1.807) is 23.3 Å². The maximum absolute atomic E-state index is 12.7. The Bertz CT molecular complexity index is 725. The summed E-state index contributed by atoms with van der Waals surface area (Å²) in [5, 5.41) is 11.8. The lowest BCUT2D eigenvalue weighted by molar-refractivity contribution is -0.127. The molecule has 0 bridgehead atoms. The van der Waals surface area contributed by atoms with Gasteiger partial charge in [-0.05, 0) is 25.5 Å². The molecule has 0 spiro atoms. The number of aromatic nitrogens is 2. The van der Waals surface area contributed by atoms with E-state index in [9.17, 15) is 9.59 Å². The Labute approximate surface area is 144 Å². The summed E-state index contributed by atoms with van der Waals surface area (Å²) in [6.45, 7) is 0.714. The Kier molecular flexibility index (Phi) is 4.68.